The minimum absolute atomic E-state index is 0.216. The summed E-state index contributed by atoms with van der Waals surface area (Å²) in [7, 11) is 0. The van der Waals surface area contributed by atoms with Crippen LogP contribution in [0.25, 0.3) is 16.9 Å². The Morgan fingerprint density at radius 2 is 2.12 bits per heavy atom. The molecule has 0 bridgehead atoms. The molecule has 10 heteroatoms. The molecule has 0 fully saturated rings. The lowest BCUT2D eigenvalue weighted by molar-refractivity contribution is 0.566. The number of benzene rings is 1. The molecule has 1 atom stereocenters. The van der Waals surface area contributed by atoms with Gasteiger partial charge in [-0.05, 0) is 62.2 Å². The number of rotatable bonds is 5. The van der Waals surface area contributed by atoms with E-state index in [0.717, 1.165) is 25.2 Å². The molecular weight excluding hydrogens is 452 g/mol. The molecule has 2 N–H and O–H groups in total. The van der Waals surface area contributed by atoms with Crippen molar-refractivity contribution in [2.24, 2.45) is 0 Å². The molecule has 0 saturated carbocycles. The minimum atomic E-state index is -1.29. The van der Waals surface area contributed by atoms with E-state index in [1.165, 1.54) is 17.3 Å². The van der Waals surface area contributed by atoms with Gasteiger partial charge in [-0.25, -0.2) is 19.3 Å². The summed E-state index contributed by atoms with van der Waals surface area (Å²) in [4.78, 5) is 25.4. The molecular formula is C24H23ClN8O. The Bertz CT molecular complexity index is 1500. The highest BCUT2D eigenvalue weighted by atomic mass is 35.5. The lowest BCUT2D eigenvalue weighted by Crippen LogP contribution is -2.23. The van der Waals surface area contributed by atoms with E-state index in [1.54, 1.807) is 34.5 Å². The highest BCUT2D eigenvalue weighted by Crippen LogP contribution is 2.27. The maximum atomic E-state index is 13.1. The first-order valence-corrected chi connectivity index (χ1v) is 11.5. The van der Waals surface area contributed by atoms with Crippen molar-refractivity contribution >= 4 is 34.3 Å². The van der Waals surface area contributed by atoms with Crippen molar-refractivity contribution in [1.29, 1.82) is 5.26 Å². The number of halogens is 1. The third-order valence-corrected chi connectivity index (χ3v) is 6.24. The van der Waals surface area contributed by atoms with E-state index in [-0.39, 0.29) is 5.56 Å². The second-order valence-electron chi connectivity index (χ2n) is 8.29. The summed E-state index contributed by atoms with van der Waals surface area (Å²) < 4.78 is 3.19. The smallest absolute Gasteiger partial charge is 0.278 e. The number of pyridine rings is 1. The van der Waals surface area contributed by atoms with Crippen LogP contribution in [0.2, 0.25) is 0 Å². The van der Waals surface area contributed by atoms with Gasteiger partial charge in [0.2, 0.25) is 5.95 Å². The molecule has 4 aromatic rings. The maximum Gasteiger partial charge on any atom is 0.278 e. The molecule has 0 amide bonds. The highest BCUT2D eigenvalue weighted by molar-refractivity contribution is 6.25. The molecule has 0 saturated heterocycles. The van der Waals surface area contributed by atoms with Gasteiger partial charge in [0, 0.05) is 25.0 Å². The molecule has 9 nitrogen and oxygen atoms in total. The molecule has 34 heavy (non-hydrogen) atoms. The summed E-state index contributed by atoms with van der Waals surface area (Å²) in [6.45, 7) is 5.68. The summed E-state index contributed by atoms with van der Waals surface area (Å²) in [5.74, 6) is 0.818. The summed E-state index contributed by atoms with van der Waals surface area (Å²) >= 11 is 6.33. The van der Waals surface area contributed by atoms with Gasteiger partial charge < -0.3 is 10.6 Å². The van der Waals surface area contributed by atoms with Crippen LogP contribution in [0.5, 0.6) is 0 Å². The van der Waals surface area contributed by atoms with Gasteiger partial charge in [0.25, 0.3) is 5.56 Å². The van der Waals surface area contributed by atoms with Crippen LogP contribution in [-0.2, 0) is 24.4 Å². The van der Waals surface area contributed by atoms with Gasteiger partial charge in [-0.15, -0.1) is 0 Å². The number of nitrogens with zero attached hydrogens (tertiary/aromatic N) is 6. The summed E-state index contributed by atoms with van der Waals surface area (Å²) in [6.07, 6.45) is 2.50. The van der Waals surface area contributed by atoms with Gasteiger partial charge in [-0.1, -0.05) is 23.7 Å². The summed E-state index contributed by atoms with van der Waals surface area (Å²) in [6, 6.07) is 13.5. The van der Waals surface area contributed by atoms with E-state index in [2.05, 4.69) is 43.8 Å². The monoisotopic (exact) mass is 474 g/mol. The highest BCUT2D eigenvalue weighted by Gasteiger charge is 2.26. The average Bonchev–Trinajstić information content (AvgIpc) is 3.14. The number of hydrogen-bond acceptors (Lipinski definition) is 7. The number of aromatic nitrogens is 5. The molecule has 172 valence electrons. The zero-order chi connectivity index (χ0) is 23.9. The van der Waals surface area contributed by atoms with Crippen LogP contribution < -0.4 is 16.2 Å². The van der Waals surface area contributed by atoms with Crippen LogP contribution >= 0.6 is 11.6 Å². The van der Waals surface area contributed by atoms with E-state index < -0.39 is 4.87 Å². The third-order valence-electron chi connectivity index (χ3n) is 5.97. The van der Waals surface area contributed by atoms with E-state index in [9.17, 15) is 10.1 Å². The van der Waals surface area contributed by atoms with Gasteiger partial charge >= 0.3 is 0 Å². The lowest BCUT2D eigenvalue weighted by Gasteiger charge is -2.18. The van der Waals surface area contributed by atoms with Crippen molar-refractivity contribution in [2.45, 2.75) is 38.2 Å². The Labute approximate surface area is 201 Å². The number of anilines is 2. The van der Waals surface area contributed by atoms with Gasteiger partial charge in [0.15, 0.2) is 16.3 Å². The first kappa shape index (κ1) is 22.1. The quantitative estimate of drug-likeness (QED) is 0.426. The first-order chi connectivity index (χ1) is 16.4. The molecule has 0 radical (unpaired) electrons. The average molecular weight is 475 g/mol. The first-order valence-electron chi connectivity index (χ1n) is 11.1. The summed E-state index contributed by atoms with van der Waals surface area (Å²) in [5.41, 5.74) is 4.06. The molecule has 1 aliphatic rings. The summed E-state index contributed by atoms with van der Waals surface area (Å²) in [5, 5.41) is 16.4. The largest absolute Gasteiger partial charge is 0.324 e. The van der Waals surface area contributed by atoms with Crippen LogP contribution in [0.1, 0.15) is 30.7 Å². The van der Waals surface area contributed by atoms with E-state index >= 15 is 0 Å². The van der Waals surface area contributed by atoms with Gasteiger partial charge in [-0.3, -0.25) is 4.79 Å². The fraction of sp³-hybridized carbons (Fsp3) is 0.292. The van der Waals surface area contributed by atoms with Crippen molar-refractivity contribution in [3.63, 3.8) is 0 Å². The zero-order valence-corrected chi connectivity index (χ0v) is 19.6. The maximum absolute atomic E-state index is 13.1. The SMILES string of the molecule is CCn1c(=O)c2cnc(Nc3ccc4c(c3)CCNC4)nc2n1-c1cccc(C(C)(Cl)C#N)n1. The van der Waals surface area contributed by atoms with Crippen LogP contribution in [0, 0.1) is 11.3 Å². The van der Waals surface area contributed by atoms with E-state index in [0.29, 0.717) is 35.0 Å². The molecule has 0 spiro atoms. The number of nitrogens with one attached hydrogen (secondary N) is 2. The van der Waals surface area contributed by atoms with E-state index in [1.807, 2.05) is 13.0 Å². The predicted octanol–water partition coefficient (Wildman–Crippen LogP) is 3.36. The minimum Gasteiger partial charge on any atom is -0.324 e. The Hall–Kier alpha value is -3.74. The van der Waals surface area contributed by atoms with Gasteiger partial charge in [0.1, 0.15) is 5.39 Å². The van der Waals surface area contributed by atoms with Crippen LogP contribution in [-0.4, -0.2) is 30.9 Å². The lowest BCUT2D eigenvalue weighted by atomic mass is 10.0. The van der Waals surface area contributed by atoms with Crippen molar-refractivity contribution < 1.29 is 0 Å². The standard InChI is InChI=1S/C24H23ClN8O/c1-3-32-22(34)18-13-28-23(29-17-8-7-16-12-27-10-9-15(16)11-17)31-21(18)33(32)20-6-4-5-19(30-20)24(2,25)14-26/h4-8,11,13,27H,3,9-10,12H2,1-2H3,(H,28,29,31). The van der Waals surface area contributed by atoms with Crippen LogP contribution in [0.4, 0.5) is 11.6 Å². The second kappa shape index (κ2) is 8.56. The van der Waals surface area contributed by atoms with Crippen LogP contribution in [0.3, 0.4) is 0 Å². The Morgan fingerprint density at radius 1 is 1.26 bits per heavy atom. The molecule has 4 heterocycles. The number of fused-ring (bicyclic) bond motifs is 2. The Balaban J connectivity index is 1.61. The molecule has 3 aromatic heterocycles. The Kier molecular flexibility index (Phi) is 5.55. The second-order valence-corrected chi connectivity index (χ2v) is 9.05. The van der Waals surface area contributed by atoms with Gasteiger partial charge in [-0.2, -0.15) is 10.2 Å². The topological polar surface area (TPSA) is 113 Å². The number of alkyl halides is 1. The van der Waals surface area contributed by atoms with Crippen molar-refractivity contribution in [3.05, 3.63) is 69.8 Å². The van der Waals surface area contributed by atoms with Crippen molar-refractivity contribution in [2.75, 3.05) is 11.9 Å². The number of hydrogen-bond donors (Lipinski definition) is 2. The predicted molar refractivity (Wildman–Crippen MR) is 131 cm³/mol. The molecule has 1 unspecified atom stereocenters. The molecule has 0 aliphatic carbocycles. The molecule has 1 aromatic carbocycles. The number of nitriles is 1. The van der Waals surface area contributed by atoms with Gasteiger partial charge in [0.05, 0.1) is 11.8 Å². The Morgan fingerprint density at radius 3 is 2.91 bits per heavy atom. The van der Waals surface area contributed by atoms with Crippen molar-refractivity contribution in [3.8, 4) is 11.9 Å². The molecule has 5 rings (SSSR count). The van der Waals surface area contributed by atoms with E-state index in [4.69, 9.17) is 11.6 Å². The fourth-order valence-electron chi connectivity index (χ4n) is 4.15. The third kappa shape index (κ3) is 3.81. The zero-order valence-electron chi connectivity index (χ0n) is 18.8. The normalized spacial score (nSPS) is 14.9. The molecule has 1 aliphatic heterocycles. The van der Waals surface area contributed by atoms with Crippen LogP contribution in [0.15, 0.2) is 47.4 Å². The van der Waals surface area contributed by atoms with Crippen molar-refractivity contribution in [1.82, 2.24) is 29.6 Å². The fourth-order valence-corrected chi connectivity index (χ4v) is 4.26.